The molecule has 0 aromatic carbocycles. The highest BCUT2D eigenvalue weighted by Crippen LogP contribution is 1.97. The minimum Gasteiger partial charge on any atom is -0.480 e. The van der Waals surface area contributed by atoms with Crippen molar-refractivity contribution in [1.82, 2.24) is 10.6 Å². The second-order valence-electron chi connectivity index (χ2n) is 4.76. The van der Waals surface area contributed by atoms with E-state index in [-0.39, 0.29) is 23.9 Å². The summed E-state index contributed by atoms with van der Waals surface area (Å²) in [5, 5.41) is 29.1. The van der Waals surface area contributed by atoms with Gasteiger partial charge in [-0.15, -0.1) is 0 Å². The SMILES string of the molecule is N[C@@H](CCC(=O)N[C@@H](CS)C(=O)NCC(=O)O)C(=O)O.O=C(O)C(=O)CBr. The number of hydrogen-bond donors (Lipinski definition) is 7. The highest BCUT2D eigenvalue weighted by molar-refractivity contribution is 9.09. The number of Topliss-reactive ketones (excluding diaryl/α,β-unsaturated/α-hetero) is 1. The molecule has 154 valence electrons. The summed E-state index contributed by atoms with van der Waals surface area (Å²) in [4.78, 5) is 63.2. The normalized spacial score (nSPS) is 11.8. The van der Waals surface area contributed by atoms with Crippen molar-refractivity contribution in [2.45, 2.75) is 24.9 Å². The predicted octanol–water partition coefficient (Wildman–Crippen LogP) is -2.17. The molecule has 14 heteroatoms. The molecule has 0 aliphatic heterocycles. The number of hydrogen-bond acceptors (Lipinski definition) is 8. The van der Waals surface area contributed by atoms with E-state index in [0.29, 0.717) is 0 Å². The summed E-state index contributed by atoms with van der Waals surface area (Å²) in [7, 11) is 0. The van der Waals surface area contributed by atoms with Crippen LogP contribution in [0, 0.1) is 0 Å². The van der Waals surface area contributed by atoms with Crippen LogP contribution in [0.15, 0.2) is 0 Å². The van der Waals surface area contributed by atoms with Gasteiger partial charge in [0.1, 0.15) is 18.6 Å². The number of carboxylic acid groups (broad SMARTS) is 3. The Morgan fingerprint density at radius 3 is 1.96 bits per heavy atom. The molecule has 2 amide bonds. The molecule has 0 aliphatic carbocycles. The van der Waals surface area contributed by atoms with Crippen LogP contribution in [0.4, 0.5) is 0 Å². The van der Waals surface area contributed by atoms with Crippen LogP contribution in [-0.4, -0.2) is 80.5 Å². The van der Waals surface area contributed by atoms with Crippen molar-refractivity contribution in [3.05, 3.63) is 0 Å². The molecule has 27 heavy (non-hydrogen) atoms. The van der Waals surface area contributed by atoms with Crippen molar-refractivity contribution in [3.63, 3.8) is 0 Å². The molecule has 0 saturated carbocycles. The van der Waals surface area contributed by atoms with Crippen molar-refractivity contribution in [2.75, 3.05) is 17.6 Å². The quantitative estimate of drug-likeness (QED) is 0.0977. The predicted molar refractivity (Wildman–Crippen MR) is 97.7 cm³/mol. The molecule has 0 saturated heterocycles. The molecule has 0 aromatic rings. The lowest BCUT2D eigenvalue weighted by molar-refractivity contribution is -0.147. The first-order chi connectivity index (χ1) is 12.5. The molecule has 0 aliphatic rings. The Balaban J connectivity index is 0. The average Bonchev–Trinajstić information content (AvgIpc) is 2.61. The molecule has 0 bridgehead atoms. The van der Waals surface area contributed by atoms with E-state index in [4.69, 9.17) is 21.1 Å². The van der Waals surface area contributed by atoms with Crippen LogP contribution in [0.2, 0.25) is 0 Å². The molecule has 0 rings (SSSR count). The standard InChI is InChI=1S/C10H17N3O6S.C3H3BrO3/c11-5(10(18)19)1-2-7(14)13-6(4-20)9(17)12-3-8(15)16;4-1-2(5)3(6)7/h5-6,20H,1-4,11H2,(H,12,17)(H,13,14)(H,15,16)(H,18,19);1H2,(H,6,7)/t5-,6-;/m0./s1. The summed E-state index contributed by atoms with van der Waals surface area (Å²) in [6.45, 7) is -0.567. The Kier molecular flexibility index (Phi) is 14.9. The average molecular weight is 474 g/mol. The van der Waals surface area contributed by atoms with Gasteiger partial charge in [-0.05, 0) is 6.42 Å². The maximum Gasteiger partial charge on any atom is 0.373 e. The van der Waals surface area contributed by atoms with Crippen molar-refractivity contribution in [3.8, 4) is 0 Å². The van der Waals surface area contributed by atoms with Crippen LogP contribution >= 0.6 is 28.6 Å². The highest BCUT2D eigenvalue weighted by atomic mass is 79.9. The second kappa shape index (κ2) is 14.9. The third kappa shape index (κ3) is 14.6. The monoisotopic (exact) mass is 473 g/mol. The van der Waals surface area contributed by atoms with Gasteiger partial charge in [-0.1, -0.05) is 15.9 Å². The van der Waals surface area contributed by atoms with Crippen LogP contribution in [-0.2, 0) is 28.8 Å². The fourth-order valence-electron chi connectivity index (χ4n) is 1.21. The molecular weight excluding hydrogens is 454 g/mol. The van der Waals surface area contributed by atoms with E-state index in [9.17, 15) is 28.8 Å². The molecule has 12 nitrogen and oxygen atoms in total. The molecule has 0 aromatic heterocycles. The van der Waals surface area contributed by atoms with Crippen molar-refractivity contribution in [1.29, 1.82) is 0 Å². The van der Waals surface area contributed by atoms with Gasteiger partial charge in [-0.2, -0.15) is 12.6 Å². The first-order valence-corrected chi connectivity index (χ1v) is 8.91. The molecule has 0 unspecified atom stereocenters. The first kappa shape index (κ1) is 27.0. The molecule has 0 fully saturated rings. The number of ketones is 1. The highest BCUT2D eigenvalue weighted by Gasteiger charge is 2.20. The van der Waals surface area contributed by atoms with Gasteiger partial charge < -0.3 is 31.7 Å². The maximum atomic E-state index is 11.5. The molecule has 0 heterocycles. The Morgan fingerprint density at radius 1 is 1.07 bits per heavy atom. The topological polar surface area (TPSA) is 213 Å². The second-order valence-corrected chi connectivity index (χ2v) is 5.69. The van der Waals surface area contributed by atoms with E-state index in [1.165, 1.54) is 0 Å². The van der Waals surface area contributed by atoms with Crippen molar-refractivity contribution in [2.24, 2.45) is 5.73 Å². The van der Waals surface area contributed by atoms with Crippen LogP contribution < -0.4 is 16.4 Å². The van der Waals surface area contributed by atoms with Crippen molar-refractivity contribution >= 4 is 64.1 Å². The third-order valence-corrected chi connectivity index (χ3v) is 3.48. The fourth-order valence-corrected chi connectivity index (χ4v) is 1.71. The van der Waals surface area contributed by atoms with Crippen LogP contribution in [0.3, 0.4) is 0 Å². The zero-order chi connectivity index (χ0) is 21.6. The number of alkyl halides is 1. The summed E-state index contributed by atoms with van der Waals surface area (Å²) in [6.07, 6.45) is -0.235. The number of nitrogens with two attached hydrogens (primary N) is 1. The van der Waals surface area contributed by atoms with Crippen LogP contribution in [0.25, 0.3) is 0 Å². The van der Waals surface area contributed by atoms with Gasteiger partial charge >= 0.3 is 17.9 Å². The number of carbonyl (C=O) groups is 6. The van der Waals surface area contributed by atoms with Gasteiger partial charge in [-0.3, -0.25) is 24.0 Å². The van der Waals surface area contributed by atoms with Gasteiger partial charge in [0.25, 0.3) is 0 Å². The van der Waals surface area contributed by atoms with Crippen molar-refractivity contribution < 1.29 is 44.1 Å². The smallest absolute Gasteiger partial charge is 0.373 e. The van der Waals surface area contributed by atoms with E-state index < -0.39 is 54.1 Å². The summed E-state index contributed by atoms with van der Waals surface area (Å²) in [5.41, 5.74) is 5.23. The molecule has 0 radical (unpaired) electrons. The van der Waals surface area contributed by atoms with Crippen LogP contribution in [0.1, 0.15) is 12.8 Å². The number of rotatable bonds is 11. The van der Waals surface area contributed by atoms with Gasteiger partial charge in [0, 0.05) is 12.2 Å². The van der Waals surface area contributed by atoms with E-state index >= 15 is 0 Å². The van der Waals surface area contributed by atoms with Gasteiger partial charge in [0.2, 0.25) is 17.6 Å². The Morgan fingerprint density at radius 2 is 1.63 bits per heavy atom. The number of amides is 2. The summed E-state index contributed by atoms with van der Waals surface area (Å²) in [6, 6.07) is -2.15. The summed E-state index contributed by atoms with van der Waals surface area (Å²) < 4.78 is 0. The fraction of sp³-hybridized carbons (Fsp3) is 0.538. The largest absolute Gasteiger partial charge is 0.480 e. The molecule has 2 atom stereocenters. The Labute approximate surface area is 167 Å². The first-order valence-electron chi connectivity index (χ1n) is 7.16. The van der Waals surface area contributed by atoms with E-state index in [1.807, 2.05) is 0 Å². The maximum absolute atomic E-state index is 11.5. The van der Waals surface area contributed by atoms with E-state index in [1.54, 1.807) is 0 Å². The zero-order valence-electron chi connectivity index (χ0n) is 13.9. The lowest BCUT2D eigenvalue weighted by atomic mass is 10.1. The number of halogens is 1. The van der Waals surface area contributed by atoms with Gasteiger partial charge in [0.05, 0.1) is 5.33 Å². The number of carbonyl (C=O) groups excluding carboxylic acids is 3. The van der Waals surface area contributed by atoms with Gasteiger partial charge in [-0.25, -0.2) is 4.79 Å². The number of nitrogens with one attached hydrogen (secondary N) is 2. The number of aliphatic carboxylic acids is 3. The van der Waals surface area contributed by atoms with E-state index in [0.717, 1.165) is 0 Å². The number of carboxylic acids is 3. The summed E-state index contributed by atoms with van der Waals surface area (Å²) >= 11 is 6.56. The number of thiol groups is 1. The zero-order valence-corrected chi connectivity index (χ0v) is 16.4. The van der Waals surface area contributed by atoms with Crippen LogP contribution in [0.5, 0.6) is 0 Å². The Bertz CT molecular complexity index is 573. The van der Waals surface area contributed by atoms with E-state index in [2.05, 4.69) is 39.2 Å². The Hall–Kier alpha value is -2.19. The minimum absolute atomic E-state index is 0.0256. The minimum atomic E-state index is -1.39. The third-order valence-electron chi connectivity index (χ3n) is 2.61. The molecule has 7 N–H and O–H groups in total. The lowest BCUT2D eigenvalue weighted by Crippen LogP contribution is -2.49. The molecular formula is C13H20BrN3O9S. The lowest BCUT2D eigenvalue weighted by Gasteiger charge is -2.16. The van der Waals surface area contributed by atoms with Gasteiger partial charge in [0.15, 0.2) is 0 Å². The summed E-state index contributed by atoms with van der Waals surface area (Å²) in [5.74, 6) is -5.92. The molecule has 0 spiro atoms.